The third-order valence-corrected chi connectivity index (χ3v) is 20.6. The standard InChI is InChI=1S/C81H50N2S2/c1-3-17-59(18-4-1)82(75-29-15-25-67-65-23-9-13-31-77(65)84-79(67)75)61-41-37-51(38-42-61)53-33-35-55-47-69-70-48-56-36-34-54(46-58(56)50-74(70)81(73(69)49-57(55)45-53)71-27-11-7-21-63(71)64-22-8-12-28-72(64)81)52-39-43-62(44-40-52)83(60-19-5-2-6-20-60)76-30-16-26-68-66-24-10-14-32-78(66)85-80(68)76/h1-50H. The summed E-state index contributed by atoms with van der Waals surface area (Å²) in [5.41, 5.74) is 21.7. The van der Waals surface area contributed by atoms with Crippen LogP contribution >= 0.6 is 22.7 Å². The summed E-state index contributed by atoms with van der Waals surface area (Å²) in [6, 6.07) is 113. The Morgan fingerprint density at radius 3 is 1.07 bits per heavy atom. The Hall–Kier alpha value is -10.4. The zero-order chi connectivity index (χ0) is 55.7. The Balaban J connectivity index is 0.739. The van der Waals surface area contributed by atoms with E-state index >= 15 is 0 Å². The average Bonchev–Trinajstić information content (AvgIpc) is 1.71. The SMILES string of the molecule is c1ccc(N(c2ccc(-c3ccc4cc5c(cc4c3)C3(c4ccccc4-c4ccccc43)c3cc4cc(-c6ccc(N(c7ccccc7)c7cccc8c7sc7ccccc78)cc6)ccc4cc3-5)cc2)c2cccc3c2sc2ccccc23)cc1. The molecule has 16 aromatic rings. The van der Waals surface area contributed by atoms with Gasteiger partial charge in [-0.2, -0.15) is 0 Å². The largest absolute Gasteiger partial charge is 0.309 e. The average molecular weight is 1120 g/mol. The molecule has 0 saturated heterocycles. The number of thiophene rings is 2. The van der Waals surface area contributed by atoms with Crippen molar-refractivity contribution >= 4 is 119 Å². The van der Waals surface area contributed by atoms with Gasteiger partial charge in [0.1, 0.15) is 0 Å². The predicted octanol–water partition coefficient (Wildman–Crippen LogP) is 23.3. The number of rotatable bonds is 8. The maximum Gasteiger partial charge on any atom is 0.0725 e. The minimum atomic E-state index is -0.508. The van der Waals surface area contributed by atoms with Crippen LogP contribution < -0.4 is 9.80 Å². The Bertz CT molecular complexity index is 5030. The van der Waals surface area contributed by atoms with Crippen molar-refractivity contribution in [2.24, 2.45) is 0 Å². The summed E-state index contributed by atoms with van der Waals surface area (Å²) in [6.07, 6.45) is 0. The van der Waals surface area contributed by atoms with Crippen molar-refractivity contribution in [1.82, 2.24) is 0 Å². The second-order valence-corrected chi connectivity index (χ2v) is 24.8. The van der Waals surface area contributed by atoms with Crippen LogP contribution in [0.15, 0.2) is 303 Å². The third-order valence-electron chi connectivity index (χ3n) is 18.2. The van der Waals surface area contributed by atoms with Crippen LogP contribution in [-0.4, -0.2) is 0 Å². The zero-order valence-corrected chi connectivity index (χ0v) is 47.7. The molecule has 0 fully saturated rings. The topological polar surface area (TPSA) is 6.48 Å². The van der Waals surface area contributed by atoms with Gasteiger partial charge in [-0.05, 0) is 198 Å². The molecule has 14 aromatic carbocycles. The smallest absolute Gasteiger partial charge is 0.0725 e. The molecule has 2 aromatic heterocycles. The number of para-hydroxylation sites is 2. The fourth-order valence-electron chi connectivity index (χ4n) is 14.4. The highest BCUT2D eigenvalue weighted by Gasteiger charge is 2.52. The molecular weight excluding hydrogens is 1070 g/mol. The van der Waals surface area contributed by atoms with E-state index in [1.807, 2.05) is 22.7 Å². The number of anilines is 6. The molecule has 0 unspecified atom stereocenters. The fourth-order valence-corrected chi connectivity index (χ4v) is 16.8. The predicted molar refractivity (Wildman–Crippen MR) is 364 cm³/mol. The minimum absolute atomic E-state index is 0.508. The fraction of sp³-hybridized carbons (Fsp3) is 0.0123. The first-order valence-electron chi connectivity index (χ1n) is 29.2. The van der Waals surface area contributed by atoms with Gasteiger partial charge >= 0.3 is 0 Å². The van der Waals surface area contributed by atoms with Crippen LogP contribution in [0.1, 0.15) is 22.3 Å². The third kappa shape index (κ3) is 7.29. The molecule has 18 rings (SSSR count). The van der Waals surface area contributed by atoms with E-state index in [0.29, 0.717) is 0 Å². The van der Waals surface area contributed by atoms with Crippen LogP contribution in [0, 0.1) is 0 Å². The summed E-state index contributed by atoms with van der Waals surface area (Å²) in [7, 11) is 0. The molecule has 0 aliphatic heterocycles. The molecule has 1 spiro atoms. The summed E-state index contributed by atoms with van der Waals surface area (Å²) in [6.45, 7) is 0. The van der Waals surface area contributed by atoms with Crippen molar-refractivity contribution in [3.63, 3.8) is 0 Å². The van der Waals surface area contributed by atoms with Crippen molar-refractivity contribution in [3.8, 4) is 44.5 Å². The van der Waals surface area contributed by atoms with Crippen LogP contribution in [0.3, 0.4) is 0 Å². The first-order valence-corrected chi connectivity index (χ1v) is 30.8. The highest BCUT2D eigenvalue weighted by atomic mass is 32.1. The van der Waals surface area contributed by atoms with E-state index in [4.69, 9.17) is 0 Å². The Kier molecular flexibility index (Phi) is 10.7. The van der Waals surface area contributed by atoms with Crippen molar-refractivity contribution in [2.45, 2.75) is 5.41 Å². The van der Waals surface area contributed by atoms with Gasteiger partial charge in [-0.25, -0.2) is 0 Å². The molecule has 2 nitrogen and oxygen atoms in total. The lowest BCUT2D eigenvalue weighted by Crippen LogP contribution is -2.25. The molecule has 0 atom stereocenters. The molecule has 2 heterocycles. The summed E-state index contributed by atoms with van der Waals surface area (Å²) in [5, 5.41) is 10.1. The molecule has 0 radical (unpaired) electrons. The van der Waals surface area contributed by atoms with Crippen LogP contribution in [0.2, 0.25) is 0 Å². The maximum absolute atomic E-state index is 2.53. The highest BCUT2D eigenvalue weighted by molar-refractivity contribution is 7.26. The number of benzene rings is 14. The first kappa shape index (κ1) is 48.2. The molecular formula is C81H50N2S2. The Morgan fingerprint density at radius 2 is 0.612 bits per heavy atom. The van der Waals surface area contributed by atoms with Gasteiger partial charge in [-0.1, -0.05) is 194 Å². The van der Waals surface area contributed by atoms with Gasteiger partial charge in [-0.3, -0.25) is 0 Å². The molecule has 0 amide bonds. The lowest BCUT2D eigenvalue weighted by atomic mass is 9.70. The second-order valence-electron chi connectivity index (χ2n) is 22.7. The summed E-state index contributed by atoms with van der Waals surface area (Å²) in [5.74, 6) is 0. The molecule has 396 valence electrons. The van der Waals surface area contributed by atoms with Gasteiger partial charge in [0, 0.05) is 53.7 Å². The molecule has 0 N–H and O–H groups in total. The minimum Gasteiger partial charge on any atom is -0.309 e. The van der Waals surface area contributed by atoms with E-state index in [-0.39, 0.29) is 0 Å². The molecule has 4 heteroatoms. The zero-order valence-electron chi connectivity index (χ0n) is 46.1. The summed E-state index contributed by atoms with van der Waals surface area (Å²) in [4.78, 5) is 4.83. The van der Waals surface area contributed by atoms with Crippen molar-refractivity contribution in [2.75, 3.05) is 9.80 Å². The molecule has 0 saturated carbocycles. The number of nitrogens with zero attached hydrogens (tertiary/aromatic N) is 2. The van der Waals surface area contributed by atoms with Crippen LogP contribution in [-0.2, 0) is 5.41 Å². The maximum atomic E-state index is 2.53. The van der Waals surface area contributed by atoms with Gasteiger partial charge in [-0.15, -0.1) is 22.7 Å². The monoisotopic (exact) mass is 1110 g/mol. The van der Waals surface area contributed by atoms with E-state index < -0.39 is 5.41 Å². The lowest BCUT2D eigenvalue weighted by Gasteiger charge is -2.31. The van der Waals surface area contributed by atoms with Crippen molar-refractivity contribution in [3.05, 3.63) is 326 Å². The quantitative estimate of drug-likeness (QED) is 0.150. The summed E-state index contributed by atoms with van der Waals surface area (Å²) >= 11 is 3.74. The van der Waals surface area contributed by atoms with Gasteiger partial charge in [0.25, 0.3) is 0 Å². The van der Waals surface area contributed by atoms with E-state index in [1.54, 1.807) is 0 Å². The van der Waals surface area contributed by atoms with Crippen molar-refractivity contribution < 1.29 is 0 Å². The van der Waals surface area contributed by atoms with Crippen molar-refractivity contribution in [1.29, 1.82) is 0 Å². The lowest BCUT2D eigenvalue weighted by molar-refractivity contribution is 0.796. The second kappa shape index (κ2) is 18.8. The van der Waals surface area contributed by atoms with E-state index in [0.717, 1.165) is 22.7 Å². The van der Waals surface area contributed by atoms with Gasteiger partial charge in [0.2, 0.25) is 0 Å². The Labute approximate surface area is 500 Å². The molecule has 2 aliphatic carbocycles. The van der Waals surface area contributed by atoms with Gasteiger partial charge < -0.3 is 9.80 Å². The Morgan fingerprint density at radius 1 is 0.235 bits per heavy atom. The molecule has 85 heavy (non-hydrogen) atoms. The van der Waals surface area contributed by atoms with E-state index in [2.05, 4.69) is 313 Å². The van der Waals surface area contributed by atoms with Crippen LogP contribution in [0.5, 0.6) is 0 Å². The van der Waals surface area contributed by atoms with Crippen LogP contribution in [0.4, 0.5) is 34.1 Å². The van der Waals surface area contributed by atoms with Gasteiger partial charge in [0.15, 0.2) is 0 Å². The van der Waals surface area contributed by atoms with E-state index in [1.165, 1.54) is 140 Å². The highest BCUT2D eigenvalue weighted by Crippen LogP contribution is 2.64. The molecule has 0 bridgehead atoms. The number of fused-ring (bicyclic) bond motifs is 18. The number of hydrogen-bond acceptors (Lipinski definition) is 4. The van der Waals surface area contributed by atoms with E-state index in [9.17, 15) is 0 Å². The summed E-state index contributed by atoms with van der Waals surface area (Å²) < 4.78 is 5.18. The molecule has 2 aliphatic rings. The first-order chi connectivity index (χ1) is 42.1. The van der Waals surface area contributed by atoms with Gasteiger partial charge in [0.05, 0.1) is 26.2 Å². The van der Waals surface area contributed by atoms with Crippen LogP contribution in [0.25, 0.3) is 106 Å². The normalized spacial score (nSPS) is 12.8. The number of hydrogen-bond donors (Lipinski definition) is 0.